The highest BCUT2D eigenvalue weighted by molar-refractivity contribution is 5.75. The molecule has 5 rings (SSSR count). The van der Waals surface area contributed by atoms with Crippen LogP contribution in [0, 0.1) is 0 Å². The number of carbonyl (C=O) groups excluding carboxylic acids is 1. The summed E-state index contributed by atoms with van der Waals surface area (Å²) in [6.07, 6.45) is 1.32. The largest absolute Gasteiger partial charge is 0.334 e. The Morgan fingerprint density at radius 2 is 1.78 bits per heavy atom. The Labute approximate surface area is 185 Å². The van der Waals surface area contributed by atoms with Crippen molar-refractivity contribution in [2.75, 3.05) is 6.54 Å². The van der Waals surface area contributed by atoms with E-state index < -0.39 is 0 Å². The van der Waals surface area contributed by atoms with E-state index in [1.165, 1.54) is 0 Å². The smallest absolute Gasteiger partial charge is 0.317 e. The monoisotopic (exact) mass is 428 g/mol. The van der Waals surface area contributed by atoms with Crippen LogP contribution in [0.15, 0.2) is 65.2 Å². The van der Waals surface area contributed by atoms with Crippen molar-refractivity contribution in [1.82, 2.24) is 30.1 Å². The first-order chi connectivity index (χ1) is 15.7. The molecule has 0 saturated carbocycles. The van der Waals surface area contributed by atoms with E-state index in [1.54, 1.807) is 4.90 Å². The molecule has 8 heteroatoms. The summed E-state index contributed by atoms with van der Waals surface area (Å²) in [5, 5.41) is 11.8. The van der Waals surface area contributed by atoms with Crippen LogP contribution >= 0.6 is 0 Å². The average Bonchev–Trinajstić information content (AvgIpc) is 3.42. The van der Waals surface area contributed by atoms with Gasteiger partial charge in [-0.2, -0.15) is 10.1 Å². The third-order valence-corrected chi connectivity index (χ3v) is 5.69. The molecule has 4 aromatic rings. The number of fused-ring (bicyclic) bond motifs is 1. The van der Waals surface area contributed by atoms with E-state index in [1.807, 2.05) is 72.4 Å². The van der Waals surface area contributed by atoms with Gasteiger partial charge >= 0.3 is 6.03 Å². The third-order valence-electron chi connectivity index (χ3n) is 5.69. The van der Waals surface area contributed by atoms with Crippen LogP contribution in [0.3, 0.4) is 0 Å². The number of benzene rings is 2. The van der Waals surface area contributed by atoms with E-state index in [9.17, 15) is 4.79 Å². The van der Waals surface area contributed by atoms with E-state index in [0.717, 1.165) is 28.8 Å². The lowest BCUT2D eigenvalue weighted by atomic mass is 10.1. The summed E-state index contributed by atoms with van der Waals surface area (Å²) in [5.74, 6) is 0.998. The molecule has 0 spiro atoms. The number of hydrogen-bond acceptors (Lipinski definition) is 5. The van der Waals surface area contributed by atoms with E-state index in [4.69, 9.17) is 4.52 Å². The molecule has 0 bridgehead atoms. The van der Waals surface area contributed by atoms with Crippen LogP contribution < -0.4 is 5.32 Å². The van der Waals surface area contributed by atoms with Gasteiger partial charge in [-0.15, -0.1) is 0 Å². The molecule has 1 aliphatic heterocycles. The fourth-order valence-electron chi connectivity index (χ4n) is 4.02. The standard InChI is InChI=1S/C24H24N6O2/c1-29-20-12-13-30(24(31)25-15-18-10-6-3-7-11-18)16-19(20)22(27-29)23-26-21(28-32-23)14-17-8-4-2-5-9-17/h2-11H,12-16H2,1H3,(H,25,31). The molecule has 0 fully saturated rings. The Balaban J connectivity index is 1.32. The van der Waals surface area contributed by atoms with Gasteiger partial charge in [-0.3, -0.25) is 4.68 Å². The molecule has 8 nitrogen and oxygen atoms in total. The van der Waals surface area contributed by atoms with Crippen molar-refractivity contribution < 1.29 is 9.32 Å². The molecule has 0 unspecified atom stereocenters. The number of aromatic nitrogens is 4. The van der Waals surface area contributed by atoms with Gasteiger partial charge in [0.15, 0.2) is 11.5 Å². The Morgan fingerprint density at radius 3 is 2.53 bits per heavy atom. The number of hydrogen-bond donors (Lipinski definition) is 1. The van der Waals surface area contributed by atoms with Gasteiger partial charge in [-0.1, -0.05) is 65.8 Å². The second-order valence-corrected chi connectivity index (χ2v) is 7.89. The highest BCUT2D eigenvalue weighted by atomic mass is 16.5. The predicted octanol–water partition coefficient (Wildman–Crippen LogP) is 3.33. The predicted molar refractivity (Wildman–Crippen MR) is 119 cm³/mol. The van der Waals surface area contributed by atoms with Gasteiger partial charge in [0.1, 0.15) is 0 Å². The summed E-state index contributed by atoms with van der Waals surface area (Å²) in [4.78, 5) is 19.2. The van der Waals surface area contributed by atoms with E-state index >= 15 is 0 Å². The van der Waals surface area contributed by atoms with Gasteiger partial charge in [0, 0.05) is 44.2 Å². The lowest BCUT2D eigenvalue weighted by Crippen LogP contribution is -2.42. The fraction of sp³-hybridized carbons (Fsp3) is 0.250. The fourth-order valence-corrected chi connectivity index (χ4v) is 4.02. The first-order valence-corrected chi connectivity index (χ1v) is 10.7. The number of rotatable bonds is 5. The molecule has 1 aliphatic rings. The molecule has 2 amide bonds. The van der Waals surface area contributed by atoms with Gasteiger partial charge in [-0.25, -0.2) is 4.79 Å². The molecule has 2 aromatic heterocycles. The van der Waals surface area contributed by atoms with Crippen LogP contribution in [0.2, 0.25) is 0 Å². The van der Waals surface area contributed by atoms with Crippen molar-refractivity contribution in [2.45, 2.75) is 25.9 Å². The Bertz CT molecular complexity index is 1220. The van der Waals surface area contributed by atoms with Crippen molar-refractivity contribution in [3.05, 3.63) is 88.9 Å². The van der Waals surface area contributed by atoms with Gasteiger partial charge in [0.05, 0.1) is 6.54 Å². The highest BCUT2D eigenvalue weighted by Crippen LogP contribution is 2.29. The first kappa shape index (κ1) is 20.0. The average molecular weight is 428 g/mol. The van der Waals surface area contributed by atoms with Crippen molar-refractivity contribution in [3.8, 4) is 11.6 Å². The minimum Gasteiger partial charge on any atom is -0.334 e. The maximum atomic E-state index is 12.8. The van der Waals surface area contributed by atoms with Crippen LogP contribution in [0.1, 0.15) is 28.2 Å². The van der Waals surface area contributed by atoms with E-state index in [0.29, 0.717) is 43.5 Å². The Hall–Kier alpha value is -3.94. The summed E-state index contributed by atoms with van der Waals surface area (Å²) >= 11 is 0. The van der Waals surface area contributed by atoms with Crippen LogP contribution in [0.25, 0.3) is 11.6 Å². The second kappa shape index (κ2) is 8.66. The molecular formula is C24H24N6O2. The Kier molecular flexibility index (Phi) is 5.41. The third kappa shape index (κ3) is 4.12. The summed E-state index contributed by atoms with van der Waals surface area (Å²) in [6.45, 7) is 1.58. The zero-order valence-electron chi connectivity index (χ0n) is 17.9. The minimum atomic E-state index is -0.0930. The quantitative estimate of drug-likeness (QED) is 0.527. The molecular weight excluding hydrogens is 404 g/mol. The highest BCUT2D eigenvalue weighted by Gasteiger charge is 2.29. The minimum absolute atomic E-state index is 0.0930. The van der Waals surface area contributed by atoms with Crippen LogP contribution in [0.5, 0.6) is 0 Å². The summed E-state index contributed by atoms with van der Waals surface area (Å²) in [5.41, 5.74) is 4.88. The van der Waals surface area contributed by atoms with E-state index in [-0.39, 0.29) is 6.03 Å². The van der Waals surface area contributed by atoms with Crippen LogP contribution in [-0.4, -0.2) is 37.4 Å². The van der Waals surface area contributed by atoms with Gasteiger partial charge < -0.3 is 14.7 Å². The van der Waals surface area contributed by atoms with E-state index in [2.05, 4.69) is 20.6 Å². The molecule has 162 valence electrons. The molecule has 0 saturated heterocycles. The molecule has 3 heterocycles. The maximum Gasteiger partial charge on any atom is 0.317 e. The van der Waals surface area contributed by atoms with Crippen molar-refractivity contribution in [3.63, 3.8) is 0 Å². The molecule has 32 heavy (non-hydrogen) atoms. The number of urea groups is 1. The van der Waals surface area contributed by atoms with Crippen LogP contribution in [-0.2, 0) is 33.0 Å². The van der Waals surface area contributed by atoms with Gasteiger partial charge in [-0.05, 0) is 11.1 Å². The number of carbonyl (C=O) groups is 1. The summed E-state index contributed by atoms with van der Waals surface area (Å²) in [6, 6.07) is 19.8. The second-order valence-electron chi connectivity index (χ2n) is 7.89. The molecule has 0 atom stereocenters. The van der Waals surface area contributed by atoms with Crippen molar-refractivity contribution in [1.29, 1.82) is 0 Å². The van der Waals surface area contributed by atoms with Gasteiger partial charge in [0.2, 0.25) is 0 Å². The maximum absolute atomic E-state index is 12.8. The number of nitrogens with zero attached hydrogens (tertiary/aromatic N) is 5. The molecule has 2 aromatic carbocycles. The zero-order chi connectivity index (χ0) is 21.9. The van der Waals surface area contributed by atoms with Crippen LogP contribution in [0.4, 0.5) is 4.79 Å². The SMILES string of the molecule is Cn1nc(-c2nc(Cc3ccccc3)no2)c2c1CCN(C(=O)NCc1ccccc1)C2. The number of nitrogens with one attached hydrogen (secondary N) is 1. The van der Waals surface area contributed by atoms with Gasteiger partial charge in [0.25, 0.3) is 5.89 Å². The molecule has 1 N–H and O–H groups in total. The lowest BCUT2D eigenvalue weighted by molar-refractivity contribution is 0.191. The molecule has 0 aliphatic carbocycles. The topological polar surface area (TPSA) is 89.1 Å². The summed E-state index contributed by atoms with van der Waals surface area (Å²) in [7, 11) is 1.91. The molecule has 0 radical (unpaired) electrons. The summed E-state index contributed by atoms with van der Waals surface area (Å²) < 4.78 is 7.40. The number of aryl methyl sites for hydroxylation is 1. The van der Waals surface area contributed by atoms with Crippen molar-refractivity contribution in [2.24, 2.45) is 7.05 Å². The van der Waals surface area contributed by atoms with Crippen molar-refractivity contribution >= 4 is 6.03 Å². The lowest BCUT2D eigenvalue weighted by Gasteiger charge is -2.27. The zero-order valence-corrected chi connectivity index (χ0v) is 17.9. The first-order valence-electron chi connectivity index (χ1n) is 10.7. The number of amides is 2. The Morgan fingerprint density at radius 1 is 1.06 bits per heavy atom. The normalized spacial score (nSPS) is 13.1.